The summed E-state index contributed by atoms with van der Waals surface area (Å²) in [7, 11) is 0. The van der Waals surface area contributed by atoms with Gasteiger partial charge in [0.25, 0.3) is 0 Å². The van der Waals surface area contributed by atoms with E-state index in [1.165, 1.54) is 6.07 Å². The van der Waals surface area contributed by atoms with Crippen LogP contribution in [0.2, 0.25) is 0 Å². The number of halogens is 2. The van der Waals surface area contributed by atoms with E-state index >= 15 is 0 Å². The first kappa shape index (κ1) is 18.8. The molecule has 1 nitrogen and oxygen atoms in total. The van der Waals surface area contributed by atoms with Gasteiger partial charge >= 0.3 is 0 Å². The summed E-state index contributed by atoms with van der Waals surface area (Å²) in [6.45, 7) is 2.37. The highest BCUT2D eigenvalue weighted by Crippen LogP contribution is 2.23. The first-order chi connectivity index (χ1) is 13.2. The van der Waals surface area contributed by atoms with Crippen LogP contribution in [0, 0.1) is 5.82 Å². The largest absolute Gasteiger partial charge is 0.494 e. The van der Waals surface area contributed by atoms with Crippen LogP contribution in [0.4, 0.5) is 8.78 Å². The van der Waals surface area contributed by atoms with E-state index in [0.29, 0.717) is 29.9 Å². The molecular weight excluding hydrogens is 342 g/mol. The topological polar surface area (TPSA) is 9.23 Å². The highest BCUT2D eigenvalue weighted by Gasteiger charge is 2.10. The molecule has 0 aliphatic rings. The van der Waals surface area contributed by atoms with Crippen LogP contribution in [-0.2, 0) is 6.42 Å². The molecular formula is C24H22F2O. The third-order valence-electron chi connectivity index (χ3n) is 4.29. The van der Waals surface area contributed by atoms with Crippen LogP contribution in [0.1, 0.15) is 35.3 Å². The summed E-state index contributed by atoms with van der Waals surface area (Å²) < 4.78 is 33.7. The molecule has 3 aromatic carbocycles. The Hall–Kier alpha value is -2.94. The van der Waals surface area contributed by atoms with E-state index < -0.39 is 6.17 Å². The molecule has 138 valence electrons. The predicted octanol–water partition coefficient (Wildman–Crippen LogP) is 6.65. The summed E-state index contributed by atoms with van der Waals surface area (Å²) in [5.41, 5.74) is 3.04. The Morgan fingerprint density at radius 2 is 1.67 bits per heavy atom. The Labute approximate surface area is 158 Å². The smallest absolute Gasteiger partial charge is 0.134 e. The van der Waals surface area contributed by atoms with Gasteiger partial charge in [0.1, 0.15) is 17.7 Å². The zero-order valence-electron chi connectivity index (χ0n) is 15.2. The minimum Gasteiger partial charge on any atom is -0.494 e. The molecule has 0 bridgehead atoms. The normalized spacial score (nSPS) is 12.3. The number of hydrogen-bond donors (Lipinski definition) is 0. The average molecular weight is 364 g/mol. The maximum absolute atomic E-state index is 14.4. The lowest BCUT2D eigenvalue weighted by molar-refractivity contribution is 0.338. The lowest BCUT2D eigenvalue weighted by Crippen LogP contribution is -1.96. The van der Waals surface area contributed by atoms with E-state index in [9.17, 15) is 8.78 Å². The third-order valence-corrected chi connectivity index (χ3v) is 4.29. The molecule has 0 amide bonds. The molecule has 0 saturated heterocycles. The van der Waals surface area contributed by atoms with Crippen molar-refractivity contribution in [1.82, 2.24) is 0 Å². The Bertz CT molecular complexity index is 886. The van der Waals surface area contributed by atoms with Crippen LogP contribution in [-0.4, -0.2) is 6.61 Å². The zero-order valence-corrected chi connectivity index (χ0v) is 15.2. The van der Waals surface area contributed by atoms with E-state index in [2.05, 4.69) is 0 Å². The van der Waals surface area contributed by atoms with Gasteiger partial charge < -0.3 is 4.74 Å². The van der Waals surface area contributed by atoms with Crippen LogP contribution in [0.25, 0.3) is 12.2 Å². The Balaban J connectivity index is 1.64. The molecule has 3 aromatic rings. The molecule has 3 rings (SSSR count). The molecule has 0 spiro atoms. The van der Waals surface area contributed by atoms with Crippen LogP contribution < -0.4 is 4.74 Å². The highest BCUT2D eigenvalue weighted by molar-refractivity contribution is 5.70. The number of benzene rings is 3. The minimum atomic E-state index is -1.02. The minimum absolute atomic E-state index is 0.322. The summed E-state index contributed by atoms with van der Waals surface area (Å²) in [4.78, 5) is 0. The second-order valence-corrected chi connectivity index (χ2v) is 6.27. The maximum atomic E-state index is 14.4. The molecule has 0 N–H and O–H groups in total. The summed E-state index contributed by atoms with van der Waals surface area (Å²) >= 11 is 0. The fourth-order valence-corrected chi connectivity index (χ4v) is 2.84. The van der Waals surface area contributed by atoms with E-state index in [1.807, 2.05) is 55.5 Å². The van der Waals surface area contributed by atoms with Crippen molar-refractivity contribution < 1.29 is 13.5 Å². The highest BCUT2D eigenvalue weighted by atomic mass is 19.1. The van der Waals surface area contributed by atoms with Crippen molar-refractivity contribution in [3.8, 4) is 5.75 Å². The standard InChI is InChI=1S/C24H22F2O/c1-2-27-22-15-14-21(24(26)17-22)13-12-18-8-10-19(11-9-18)16-23(25)20-6-4-3-5-7-20/h3-15,17,23H,2,16H2,1H3/t23-/m1/s1. The molecule has 0 aliphatic carbocycles. The summed E-state index contributed by atoms with van der Waals surface area (Å²) in [5.74, 6) is 0.202. The van der Waals surface area contributed by atoms with Crippen molar-refractivity contribution in [2.75, 3.05) is 6.61 Å². The molecule has 0 aromatic heterocycles. The van der Waals surface area contributed by atoms with E-state index in [-0.39, 0.29) is 5.82 Å². The van der Waals surface area contributed by atoms with Crippen molar-refractivity contribution in [3.63, 3.8) is 0 Å². The second kappa shape index (κ2) is 9.13. The maximum Gasteiger partial charge on any atom is 0.134 e. The Morgan fingerprint density at radius 1 is 0.926 bits per heavy atom. The number of alkyl halides is 1. The monoisotopic (exact) mass is 364 g/mol. The van der Waals surface area contributed by atoms with Gasteiger partial charge in [0.05, 0.1) is 6.61 Å². The lowest BCUT2D eigenvalue weighted by atomic mass is 10.0. The Morgan fingerprint density at radius 3 is 2.33 bits per heavy atom. The van der Waals surface area contributed by atoms with Gasteiger partial charge in [-0.05, 0) is 35.7 Å². The van der Waals surface area contributed by atoms with Crippen molar-refractivity contribution in [2.45, 2.75) is 19.5 Å². The van der Waals surface area contributed by atoms with Gasteiger partial charge in [0, 0.05) is 18.1 Å². The van der Waals surface area contributed by atoms with Crippen LogP contribution in [0.5, 0.6) is 5.75 Å². The molecule has 1 atom stereocenters. The van der Waals surface area contributed by atoms with Crippen molar-refractivity contribution in [2.24, 2.45) is 0 Å². The first-order valence-corrected chi connectivity index (χ1v) is 9.04. The van der Waals surface area contributed by atoms with Gasteiger partial charge in [-0.3, -0.25) is 0 Å². The van der Waals surface area contributed by atoms with E-state index in [1.54, 1.807) is 30.3 Å². The first-order valence-electron chi connectivity index (χ1n) is 9.04. The van der Waals surface area contributed by atoms with E-state index in [0.717, 1.165) is 11.1 Å². The molecule has 0 aliphatic heterocycles. The summed E-state index contributed by atoms with van der Waals surface area (Å²) in [6.07, 6.45) is 2.88. The number of ether oxygens (including phenoxy) is 1. The third kappa shape index (κ3) is 5.27. The SMILES string of the molecule is CCOc1ccc(C=Cc2ccc(C[C@@H](F)c3ccccc3)cc2)c(F)c1. The summed E-state index contributed by atoms with van der Waals surface area (Å²) in [5, 5.41) is 0. The molecule has 0 fully saturated rings. The van der Waals surface area contributed by atoms with E-state index in [4.69, 9.17) is 4.74 Å². The van der Waals surface area contributed by atoms with Crippen molar-refractivity contribution >= 4 is 12.2 Å². The number of rotatable bonds is 7. The average Bonchev–Trinajstić information content (AvgIpc) is 2.69. The van der Waals surface area contributed by atoms with Crippen LogP contribution in [0.15, 0.2) is 72.8 Å². The summed E-state index contributed by atoms with van der Waals surface area (Å²) in [6, 6.07) is 21.6. The lowest BCUT2D eigenvalue weighted by Gasteiger charge is -2.09. The zero-order chi connectivity index (χ0) is 19.1. The van der Waals surface area contributed by atoms with Gasteiger partial charge in [0.2, 0.25) is 0 Å². The Kier molecular flexibility index (Phi) is 6.37. The van der Waals surface area contributed by atoms with Crippen molar-refractivity contribution in [3.05, 3.63) is 101 Å². The van der Waals surface area contributed by atoms with Gasteiger partial charge in [0.15, 0.2) is 0 Å². The fraction of sp³-hybridized carbons (Fsp3) is 0.167. The molecule has 3 heteroatoms. The molecule has 0 unspecified atom stereocenters. The van der Waals surface area contributed by atoms with Gasteiger partial charge in [-0.2, -0.15) is 0 Å². The van der Waals surface area contributed by atoms with Gasteiger partial charge in [-0.25, -0.2) is 8.78 Å². The quantitative estimate of drug-likeness (QED) is 0.427. The molecule has 0 heterocycles. The van der Waals surface area contributed by atoms with Crippen molar-refractivity contribution in [1.29, 1.82) is 0 Å². The van der Waals surface area contributed by atoms with Gasteiger partial charge in [-0.15, -0.1) is 0 Å². The number of hydrogen-bond acceptors (Lipinski definition) is 1. The fourth-order valence-electron chi connectivity index (χ4n) is 2.84. The predicted molar refractivity (Wildman–Crippen MR) is 107 cm³/mol. The molecule has 27 heavy (non-hydrogen) atoms. The molecule has 0 saturated carbocycles. The van der Waals surface area contributed by atoms with Crippen LogP contribution >= 0.6 is 0 Å². The second-order valence-electron chi connectivity index (χ2n) is 6.27. The molecule has 0 radical (unpaired) electrons. The van der Waals surface area contributed by atoms with Gasteiger partial charge in [-0.1, -0.05) is 66.7 Å². The van der Waals surface area contributed by atoms with Crippen LogP contribution in [0.3, 0.4) is 0 Å².